The van der Waals surface area contributed by atoms with Crippen molar-refractivity contribution in [3.63, 3.8) is 0 Å². The van der Waals surface area contributed by atoms with E-state index >= 15 is 0 Å². The number of hydrogen-bond acceptors (Lipinski definition) is 2. The molecule has 1 heterocycles. The highest BCUT2D eigenvalue weighted by Gasteiger charge is 2.40. The van der Waals surface area contributed by atoms with E-state index in [1.165, 1.54) is 66.7 Å². The van der Waals surface area contributed by atoms with Crippen LogP contribution in [-0.2, 0) is 6.42 Å². The van der Waals surface area contributed by atoms with Crippen LogP contribution in [0.15, 0.2) is 35.9 Å². The van der Waals surface area contributed by atoms with Gasteiger partial charge in [0.2, 0.25) is 0 Å². The number of aliphatic hydroxyl groups excluding tert-OH is 1. The van der Waals surface area contributed by atoms with Crippen molar-refractivity contribution in [1.29, 1.82) is 0 Å². The minimum atomic E-state index is -0.148. The van der Waals surface area contributed by atoms with Gasteiger partial charge in [0.05, 0.1) is 6.10 Å². The Hall–Kier alpha value is -0.860. The quantitative estimate of drug-likeness (QED) is 0.527. The summed E-state index contributed by atoms with van der Waals surface area (Å²) in [6.45, 7) is 4.42. The maximum atomic E-state index is 10.6. The largest absolute Gasteiger partial charge is 0.392 e. The van der Waals surface area contributed by atoms with Crippen molar-refractivity contribution >= 4 is 11.3 Å². The summed E-state index contributed by atoms with van der Waals surface area (Å²) in [7, 11) is 0. The smallest absolute Gasteiger partial charge is 0.0630 e. The van der Waals surface area contributed by atoms with Gasteiger partial charge in [0.25, 0.3) is 0 Å². The molecule has 0 aromatic carbocycles. The van der Waals surface area contributed by atoms with Crippen molar-refractivity contribution in [1.82, 2.24) is 0 Å². The molecule has 2 atom stereocenters. The van der Waals surface area contributed by atoms with E-state index in [2.05, 4.69) is 44.2 Å². The van der Waals surface area contributed by atoms with Gasteiger partial charge >= 0.3 is 0 Å². The molecule has 138 valence electrons. The van der Waals surface area contributed by atoms with Crippen LogP contribution < -0.4 is 0 Å². The van der Waals surface area contributed by atoms with Gasteiger partial charge in [-0.05, 0) is 93.7 Å². The Morgan fingerprint density at radius 2 is 2.20 bits per heavy atom. The van der Waals surface area contributed by atoms with E-state index in [1.54, 1.807) is 0 Å². The minimum Gasteiger partial charge on any atom is -0.392 e. The van der Waals surface area contributed by atoms with Crippen molar-refractivity contribution < 1.29 is 5.11 Å². The van der Waals surface area contributed by atoms with Crippen LogP contribution in [0, 0.1) is 18.3 Å². The van der Waals surface area contributed by atoms with Gasteiger partial charge in [0.1, 0.15) is 0 Å². The third kappa shape index (κ3) is 4.65. The predicted octanol–water partition coefficient (Wildman–Crippen LogP) is 6.60. The second kappa shape index (κ2) is 8.68. The Kier molecular flexibility index (Phi) is 6.57. The highest BCUT2D eigenvalue weighted by Crippen LogP contribution is 2.47. The Morgan fingerprint density at radius 1 is 1.36 bits per heavy atom. The molecule has 1 saturated carbocycles. The lowest BCUT2D eigenvalue weighted by Gasteiger charge is -2.45. The standard InChI is InChI=1S/C23H34OS/c1-3-23(16-7-17-23)22(24)13-6-11-20-9-4-8-19(20)10-5-12-21-15-14-18(2)25-21/h6,9,11,14-15,19,22,24H,3-5,7-8,10,12-13,16-17H2,1-2H3/b11-6+/t19-,22?/m1/s1. The summed E-state index contributed by atoms with van der Waals surface area (Å²) < 4.78 is 0. The van der Waals surface area contributed by atoms with Crippen LogP contribution in [0.5, 0.6) is 0 Å². The minimum absolute atomic E-state index is 0.148. The van der Waals surface area contributed by atoms with Crippen LogP contribution in [0.1, 0.15) is 74.5 Å². The molecular weight excluding hydrogens is 324 g/mol. The van der Waals surface area contributed by atoms with Gasteiger partial charge < -0.3 is 5.11 Å². The molecule has 0 bridgehead atoms. The number of aryl methyl sites for hydroxylation is 2. The zero-order valence-electron chi connectivity index (χ0n) is 16.0. The molecule has 2 aliphatic carbocycles. The van der Waals surface area contributed by atoms with Gasteiger partial charge in [-0.2, -0.15) is 0 Å². The molecular formula is C23H34OS. The Morgan fingerprint density at radius 3 is 2.84 bits per heavy atom. The normalized spacial score (nSPS) is 23.6. The van der Waals surface area contributed by atoms with Crippen LogP contribution in [0.2, 0.25) is 0 Å². The first-order valence-electron chi connectivity index (χ1n) is 10.2. The Labute approximate surface area is 157 Å². The first kappa shape index (κ1) is 18.9. The van der Waals surface area contributed by atoms with Crippen molar-refractivity contribution in [3.05, 3.63) is 45.7 Å². The number of aliphatic hydroxyl groups is 1. The SMILES string of the molecule is CCC1(C(O)C/C=C/C2=CCC[C@@H]2CCCc2ccc(C)s2)CCC1. The molecule has 1 aromatic rings. The maximum Gasteiger partial charge on any atom is 0.0630 e. The molecule has 0 aliphatic heterocycles. The van der Waals surface area contributed by atoms with E-state index in [1.807, 2.05) is 11.3 Å². The molecule has 1 fully saturated rings. The van der Waals surface area contributed by atoms with Crippen molar-refractivity contribution in [2.24, 2.45) is 11.3 Å². The van der Waals surface area contributed by atoms with Gasteiger partial charge in [-0.25, -0.2) is 0 Å². The van der Waals surface area contributed by atoms with Gasteiger partial charge in [-0.15, -0.1) is 11.3 Å². The van der Waals surface area contributed by atoms with E-state index in [0.717, 1.165) is 18.8 Å². The van der Waals surface area contributed by atoms with Crippen LogP contribution in [0.3, 0.4) is 0 Å². The molecule has 1 N–H and O–H groups in total. The second-order valence-corrected chi connectivity index (χ2v) is 9.48. The average Bonchev–Trinajstić information content (AvgIpc) is 3.16. The zero-order chi connectivity index (χ0) is 17.7. The summed E-state index contributed by atoms with van der Waals surface area (Å²) in [6.07, 6.45) is 18.9. The van der Waals surface area contributed by atoms with E-state index in [9.17, 15) is 5.11 Å². The molecule has 0 amide bonds. The van der Waals surface area contributed by atoms with Crippen LogP contribution in [-0.4, -0.2) is 11.2 Å². The molecule has 25 heavy (non-hydrogen) atoms. The second-order valence-electron chi connectivity index (χ2n) is 8.11. The van der Waals surface area contributed by atoms with Crippen molar-refractivity contribution in [2.75, 3.05) is 0 Å². The number of allylic oxidation sites excluding steroid dienone is 3. The lowest BCUT2D eigenvalue weighted by molar-refractivity contribution is -0.0354. The topological polar surface area (TPSA) is 20.2 Å². The van der Waals surface area contributed by atoms with E-state index < -0.39 is 0 Å². The van der Waals surface area contributed by atoms with Crippen molar-refractivity contribution in [3.8, 4) is 0 Å². The fourth-order valence-electron chi connectivity index (χ4n) is 4.58. The predicted molar refractivity (Wildman–Crippen MR) is 109 cm³/mol. The molecule has 1 unspecified atom stereocenters. The van der Waals surface area contributed by atoms with Crippen LogP contribution >= 0.6 is 11.3 Å². The molecule has 1 nitrogen and oxygen atoms in total. The van der Waals surface area contributed by atoms with Crippen LogP contribution in [0.25, 0.3) is 0 Å². The third-order valence-corrected chi connectivity index (χ3v) is 7.63. The van der Waals surface area contributed by atoms with E-state index in [-0.39, 0.29) is 11.5 Å². The number of rotatable bonds is 9. The van der Waals surface area contributed by atoms with Gasteiger partial charge in [0.15, 0.2) is 0 Å². The molecule has 3 rings (SSSR count). The summed E-state index contributed by atoms with van der Waals surface area (Å²) >= 11 is 1.94. The first-order chi connectivity index (χ1) is 12.1. The van der Waals surface area contributed by atoms with Gasteiger partial charge in [-0.3, -0.25) is 0 Å². The molecule has 1 aromatic heterocycles. The summed E-state index contributed by atoms with van der Waals surface area (Å²) in [5, 5.41) is 10.6. The molecule has 2 aliphatic rings. The van der Waals surface area contributed by atoms with E-state index in [0.29, 0.717) is 0 Å². The number of hydrogen-bond donors (Lipinski definition) is 1. The lowest BCUT2D eigenvalue weighted by Crippen LogP contribution is -2.40. The summed E-state index contributed by atoms with van der Waals surface area (Å²) in [5.41, 5.74) is 1.75. The zero-order valence-corrected chi connectivity index (χ0v) is 16.8. The summed E-state index contributed by atoms with van der Waals surface area (Å²) in [6, 6.07) is 4.52. The highest BCUT2D eigenvalue weighted by atomic mass is 32.1. The fourth-order valence-corrected chi connectivity index (χ4v) is 5.51. The molecule has 0 radical (unpaired) electrons. The van der Waals surface area contributed by atoms with Gasteiger partial charge in [-0.1, -0.05) is 31.6 Å². The molecule has 0 saturated heterocycles. The highest BCUT2D eigenvalue weighted by molar-refractivity contribution is 7.11. The number of thiophene rings is 1. The first-order valence-corrected chi connectivity index (χ1v) is 11.0. The lowest BCUT2D eigenvalue weighted by atomic mass is 9.63. The van der Waals surface area contributed by atoms with Crippen LogP contribution in [0.4, 0.5) is 0 Å². The average molecular weight is 359 g/mol. The molecule has 0 spiro atoms. The maximum absolute atomic E-state index is 10.6. The summed E-state index contributed by atoms with van der Waals surface area (Å²) in [4.78, 5) is 2.96. The Bertz CT molecular complexity index is 600. The molecule has 2 heteroatoms. The monoisotopic (exact) mass is 358 g/mol. The Balaban J connectivity index is 1.43. The van der Waals surface area contributed by atoms with Gasteiger partial charge in [0, 0.05) is 9.75 Å². The van der Waals surface area contributed by atoms with Crippen molar-refractivity contribution in [2.45, 2.75) is 84.2 Å². The fraction of sp³-hybridized carbons (Fsp3) is 0.652. The van der Waals surface area contributed by atoms with E-state index in [4.69, 9.17) is 0 Å². The third-order valence-electron chi connectivity index (χ3n) is 6.57. The summed E-state index contributed by atoms with van der Waals surface area (Å²) in [5.74, 6) is 0.735.